The molecule has 0 fully saturated rings. The predicted molar refractivity (Wildman–Crippen MR) is 97.4 cm³/mol. The van der Waals surface area contributed by atoms with Gasteiger partial charge in [0.15, 0.2) is 0 Å². The van der Waals surface area contributed by atoms with Crippen LogP contribution >= 0.6 is 23.2 Å². The fraction of sp³-hybridized carbons (Fsp3) is 0.167. The molecule has 0 saturated carbocycles. The smallest absolute Gasteiger partial charge is 0.300 e. The largest absolute Gasteiger partial charge is 0.323 e. The van der Waals surface area contributed by atoms with Gasteiger partial charge in [0.2, 0.25) is 5.91 Å². The monoisotopic (exact) mass is 376 g/mol. The van der Waals surface area contributed by atoms with Crippen molar-refractivity contribution in [3.8, 4) is 0 Å². The van der Waals surface area contributed by atoms with Crippen LogP contribution in [-0.4, -0.2) is 23.6 Å². The lowest BCUT2D eigenvalue weighted by Gasteiger charge is -2.26. The number of carbonyl (C=O) groups excluding carboxylic acids is 3. The molecule has 25 heavy (non-hydrogen) atoms. The van der Waals surface area contributed by atoms with E-state index in [-0.39, 0.29) is 0 Å². The molecule has 1 atom stereocenters. The lowest BCUT2D eigenvalue weighted by Crippen LogP contribution is -2.46. The zero-order valence-electron chi connectivity index (χ0n) is 13.3. The van der Waals surface area contributed by atoms with Gasteiger partial charge in [0.05, 0.1) is 22.0 Å². The van der Waals surface area contributed by atoms with E-state index in [1.807, 2.05) is 0 Å². The number of hydrogen-bond acceptors (Lipinski definition) is 3. The predicted octanol–water partition coefficient (Wildman–Crippen LogP) is 3.94. The van der Waals surface area contributed by atoms with E-state index in [2.05, 4.69) is 5.32 Å². The number of nitrogens with zero attached hydrogens (tertiary/aromatic N) is 1. The Bertz CT molecular complexity index is 882. The van der Waals surface area contributed by atoms with Crippen LogP contribution in [0.5, 0.6) is 0 Å². The Hall–Kier alpha value is -2.37. The molecule has 128 valence electrons. The van der Waals surface area contributed by atoms with Crippen molar-refractivity contribution < 1.29 is 14.4 Å². The standard InChI is InChI=1S/C18H14Cl2N2O3/c1-2-14(17(24)21-13-8-7-10(19)9-12(13)20)22-15-6-4-3-5-11(15)16(23)18(22)25/h3-9,14H,2H2,1H3,(H,21,24). The van der Waals surface area contributed by atoms with Gasteiger partial charge in [-0.2, -0.15) is 0 Å². The minimum atomic E-state index is -0.827. The molecule has 1 unspecified atom stereocenters. The Kier molecular flexibility index (Phi) is 4.79. The second-order valence-electron chi connectivity index (χ2n) is 5.56. The van der Waals surface area contributed by atoms with Crippen LogP contribution in [0.2, 0.25) is 10.0 Å². The number of ketones is 1. The van der Waals surface area contributed by atoms with E-state index >= 15 is 0 Å². The molecule has 2 aromatic carbocycles. The minimum absolute atomic E-state index is 0.292. The van der Waals surface area contributed by atoms with E-state index in [9.17, 15) is 14.4 Å². The van der Waals surface area contributed by atoms with Crippen LogP contribution in [0.3, 0.4) is 0 Å². The lowest BCUT2D eigenvalue weighted by molar-refractivity contribution is -0.121. The lowest BCUT2D eigenvalue weighted by atomic mass is 10.1. The van der Waals surface area contributed by atoms with Crippen molar-refractivity contribution in [2.24, 2.45) is 0 Å². The number of benzene rings is 2. The molecule has 3 rings (SSSR count). The second-order valence-corrected chi connectivity index (χ2v) is 6.40. The third kappa shape index (κ3) is 3.13. The van der Waals surface area contributed by atoms with Gasteiger partial charge in [-0.15, -0.1) is 0 Å². The van der Waals surface area contributed by atoms with Gasteiger partial charge in [0.25, 0.3) is 11.7 Å². The SMILES string of the molecule is CCC(C(=O)Nc1ccc(Cl)cc1Cl)N1C(=O)C(=O)c2ccccc21. The van der Waals surface area contributed by atoms with Crippen LogP contribution in [0.4, 0.5) is 11.4 Å². The summed E-state index contributed by atoms with van der Waals surface area (Å²) in [5, 5.41) is 3.44. The maximum absolute atomic E-state index is 12.7. The highest BCUT2D eigenvalue weighted by Gasteiger charge is 2.41. The number of fused-ring (bicyclic) bond motifs is 1. The Morgan fingerprint density at radius 2 is 1.88 bits per heavy atom. The highest BCUT2D eigenvalue weighted by atomic mass is 35.5. The van der Waals surface area contributed by atoms with Crippen molar-refractivity contribution in [1.82, 2.24) is 0 Å². The minimum Gasteiger partial charge on any atom is -0.323 e. The van der Waals surface area contributed by atoms with Gasteiger partial charge in [-0.1, -0.05) is 42.3 Å². The van der Waals surface area contributed by atoms with Gasteiger partial charge in [0.1, 0.15) is 6.04 Å². The molecule has 1 aliphatic heterocycles. The van der Waals surface area contributed by atoms with E-state index < -0.39 is 23.6 Å². The van der Waals surface area contributed by atoms with Crippen molar-refractivity contribution in [2.75, 3.05) is 10.2 Å². The molecular formula is C18H14Cl2N2O3. The summed E-state index contributed by atoms with van der Waals surface area (Å²) in [4.78, 5) is 38.5. The highest BCUT2D eigenvalue weighted by Crippen LogP contribution is 2.32. The van der Waals surface area contributed by atoms with Gasteiger partial charge in [-0.05, 0) is 36.8 Å². The summed E-state index contributed by atoms with van der Waals surface area (Å²) in [6.07, 6.45) is 0.338. The van der Waals surface area contributed by atoms with Crippen LogP contribution < -0.4 is 10.2 Å². The molecule has 0 radical (unpaired) electrons. The summed E-state index contributed by atoms with van der Waals surface area (Å²) >= 11 is 11.9. The first-order valence-electron chi connectivity index (χ1n) is 7.67. The molecule has 0 aromatic heterocycles. The number of rotatable bonds is 4. The first-order chi connectivity index (χ1) is 11.9. The zero-order valence-corrected chi connectivity index (χ0v) is 14.8. The molecule has 0 aliphatic carbocycles. The fourth-order valence-electron chi connectivity index (χ4n) is 2.81. The molecule has 0 bridgehead atoms. The molecule has 1 aliphatic rings. The topological polar surface area (TPSA) is 66.5 Å². The van der Waals surface area contributed by atoms with Crippen molar-refractivity contribution in [2.45, 2.75) is 19.4 Å². The molecule has 1 heterocycles. The Labute approximate surface area is 154 Å². The van der Waals surface area contributed by atoms with Gasteiger partial charge in [0, 0.05) is 5.02 Å². The molecule has 0 spiro atoms. The van der Waals surface area contributed by atoms with Crippen molar-refractivity contribution in [3.05, 3.63) is 58.1 Å². The molecular weight excluding hydrogens is 363 g/mol. The Balaban J connectivity index is 1.91. The molecule has 2 aromatic rings. The molecule has 2 amide bonds. The fourth-order valence-corrected chi connectivity index (χ4v) is 3.27. The van der Waals surface area contributed by atoms with Crippen LogP contribution in [0, 0.1) is 0 Å². The number of hydrogen-bond donors (Lipinski definition) is 1. The van der Waals surface area contributed by atoms with Gasteiger partial charge in [-0.25, -0.2) is 0 Å². The van der Waals surface area contributed by atoms with Crippen molar-refractivity contribution >= 4 is 52.2 Å². The van der Waals surface area contributed by atoms with Crippen LogP contribution in [-0.2, 0) is 9.59 Å². The molecule has 0 saturated heterocycles. The number of halogens is 2. The van der Waals surface area contributed by atoms with Crippen molar-refractivity contribution in [3.63, 3.8) is 0 Å². The quantitative estimate of drug-likeness (QED) is 0.821. The number of nitrogens with one attached hydrogen (secondary N) is 1. The van der Waals surface area contributed by atoms with Crippen molar-refractivity contribution in [1.29, 1.82) is 0 Å². The van der Waals surface area contributed by atoms with E-state index in [4.69, 9.17) is 23.2 Å². The van der Waals surface area contributed by atoms with Gasteiger partial charge >= 0.3 is 0 Å². The summed E-state index contributed by atoms with van der Waals surface area (Å²) in [6, 6.07) is 10.5. The van der Waals surface area contributed by atoms with Crippen LogP contribution in [0.25, 0.3) is 0 Å². The van der Waals surface area contributed by atoms with E-state index in [0.717, 1.165) is 0 Å². The summed E-state index contributed by atoms with van der Waals surface area (Å²) in [5.74, 6) is -1.73. The summed E-state index contributed by atoms with van der Waals surface area (Å²) < 4.78 is 0. The Morgan fingerprint density at radius 1 is 1.16 bits per heavy atom. The second kappa shape index (κ2) is 6.86. The number of anilines is 2. The van der Waals surface area contributed by atoms with E-state index in [0.29, 0.717) is 33.4 Å². The van der Waals surface area contributed by atoms with Gasteiger partial charge in [-0.3, -0.25) is 19.3 Å². The summed E-state index contributed by atoms with van der Waals surface area (Å²) in [5.41, 5.74) is 1.14. The van der Waals surface area contributed by atoms with Crippen LogP contribution in [0.15, 0.2) is 42.5 Å². The molecule has 7 heteroatoms. The first kappa shape index (κ1) is 17.5. The number of para-hydroxylation sites is 1. The average Bonchev–Trinajstić information content (AvgIpc) is 2.84. The summed E-state index contributed by atoms with van der Waals surface area (Å²) in [7, 11) is 0. The first-order valence-corrected chi connectivity index (χ1v) is 8.42. The third-order valence-corrected chi connectivity index (χ3v) is 4.56. The average molecular weight is 377 g/mol. The highest BCUT2D eigenvalue weighted by molar-refractivity contribution is 6.53. The van der Waals surface area contributed by atoms with Gasteiger partial charge < -0.3 is 5.32 Å². The number of amides is 2. The van der Waals surface area contributed by atoms with E-state index in [1.165, 1.54) is 11.0 Å². The normalized spacial score (nSPS) is 14.4. The maximum Gasteiger partial charge on any atom is 0.300 e. The third-order valence-electron chi connectivity index (χ3n) is 4.01. The maximum atomic E-state index is 12.7. The molecule has 1 N–H and O–H groups in total. The Morgan fingerprint density at radius 3 is 2.56 bits per heavy atom. The summed E-state index contributed by atoms with van der Waals surface area (Å²) in [6.45, 7) is 1.77. The van der Waals surface area contributed by atoms with Crippen LogP contribution in [0.1, 0.15) is 23.7 Å². The molecule has 5 nitrogen and oxygen atoms in total. The number of Topliss-reactive ketones (excluding diaryl/α,β-unsaturated/α-hetero) is 1. The number of carbonyl (C=O) groups is 3. The van der Waals surface area contributed by atoms with E-state index in [1.54, 1.807) is 43.3 Å². The zero-order chi connectivity index (χ0) is 18.1.